The van der Waals surface area contributed by atoms with Gasteiger partial charge in [0.2, 0.25) is 0 Å². The molecule has 0 saturated heterocycles. The molecule has 2 aromatic rings. The van der Waals surface area contributed by atoms with Gasteiger partial charge in [0, 0.05) is 12.4 Å². The van der Waals surface area contributed by atoms with Crippen LogP contribution >= 0.6 is 0 Å². The van der Waals surface area contributed by atoms with Crippen LogP contribution in [0.4, 0.5) is 0 Å². The maximum absolute atomic E-state index is 4.19. The number of aryl methyl sites for hydroxylation is 1. The minimum atomic E-state index is 0.704. The molecule has 0 aliphatic heterocycles. The van der Waals surface area contributed by atoms with E-state index in [1.54, 1.807) is 24.8 Å². The fourth-order valence-corrected chi connectivity index (χ4v) is 1.10. The molecule has 5 nitrogen and oxygen atoms in total. The van der Waals surface area contributed by atoms with Crippen LogP contribution in [0, 0.1) is 0 Å². The molecule has 0 aliphatic rings. The Morgan fingerprint density at radius 1 is 1.08 bits per heavy atom. The standard InChI is InChI=1S/C8H9N5/c1-2-7-8(10-4-3-9-7)13-11-5-6-12-13/h3-6H,2H2,1H3. The first kappa shape index (κ1) is 7.85. The number of nitrogens with zero attached hydrogens (tertiary/aromatic N) is 5. The lowest BCUT2D eigenvalue weighted by Crippen LogP contribution is -2.06. The summed E-state index contributed by atoms with van der Waals surface area (Å²) in [6.07, 6.45) is 7.37. The second-order valence-corrected chi connectivity index (χ2v) is 2.50. The summed E-state index contributed by atoms with van der Waals surface area (Å²) < 4.78 is 0. The van der Waals surface area contributed by atoms with Gasteiger partial charge >= 0.3 is 0 Å². The van der Waals surface area contributed by atoms with Gasteiger partial charge in [0.1, 0.15) is 0 Å². The van der Waals surface area contributed by atoms with Crippen LogP contribution in [0.5, 0.6) is 0 Å². The highest BCUT2D eigenvalue weighted by atomic mass is 15.5. The molecule has 2 heterocycles. The van der Waals surface area contributed by atoms with E-state index in [2.05, 4.69) is 20.2 Å². The van der Waals surface area contributed by atoms with Gasteiger partial charge in [-0.2, -0.15) is 10.2 Å². The van der Waals surface area contributed by atoms with E-state index in [0.717, 1.165) is 12.1 Å². The van der Waals surface area contributed by atoms with E-state index in [1.807, 2.05) is 6.92 Å². The molecule has 5 heteroatoms. The minimum Gasteiger partial charge on any atom is -0.256 e. The van der Waals surface area contributed by atoms with Crippen molar-refractivity contribution >= 4 is 0 Å². The average Bonchev–Trinajstić information content (AvgIpc) is 2.70. The number of rotatable bonds is 2. The second kappa shape index (κ2) is 3.30. The maximum atomic E-state index is 4.19. The summed E-state index contributed by atoms with van der Waals surface area (Å²) in [5.41, 5.74) is 0.902. The molecule has 2 aromatic heterocycles. The van der Waals surface area contributed by atoms with Crippen LogP contribution < -0.4 is 0 Å². The average molecular weight is 175 g/mol. The molecular formula is C8H9N5. The molecule has 0 spiro atoms. The molecule has 0 unspecified atom stereocenters. The maximum Gasteiger partial charge on any atom is 0.196 e. The smallest absolute Gasteiger partial charge is 0.196 e. The number of aromatic nitrogens is 5. The van der Waals surface area contributed by atoms with Crippen LogP contribution in [0.15, 0.2) is 24.8 Å². The quantitative estimate of drug-likeness (QED) is 0.671. The third-order valence-corrected chi connectivity index (χ3v) is 1.70. The zero-order chi connectivity index (χ0) is 9.10. The number of hydrogen-bond acceptors (Lipinski definition) is 4. The van der Waals surface area contributed by atoms with Crippen molar-refractivity contribution in [2.24, 2.45) is 0 Å². The SMILES string of the molecule is CCc1nccnc1-n1nccn1. The summed E-state index contributed by atoms with van der Waals surface area (Å²) in [6.45, 7) is 2.02. The van der Waals surface area contributed by atoms with Gasteiger partial charge in [-0.25, -0.2) is 4.98 Å². The van der Waals surface area contributed by atoms with Gasteiger partial charge in [0.25, 0.3) is 0 Å². The zero-order valence-electron chi connectivity index (χ0n) is 7.25. The third kappa shape index (κ3) is 1.40. The van der Waals surface area contributed by atoms with Gasteiger partial charge in [0.05, 0.1) is 18.1 Å². The zero-order valence-corrected chi connectivity index (χ0v) is 7.25. The van der Waals surface area contributed by atoms with E-state index in [-0.39, 0.29) is 0 Å². The Hall–Kier alpha value is -1.78. The van der Waals surface area contributed by atoms with Crippen molar-refractivity contribution in [3.05, 3.63) is 30.5 Å². The van der Waals surface area contributed by atoms with E-state index in [0.29, 0.717) is 5.82 Å². The van der Waals surface area contributed by atoms with Gasteiger partial charge < -0.3 is 0 Å². The highest BCUT2D eigenvalue weighted by molar-refractivity contribution is 5.24. The van der Waals surface area contributed by atoms with Crippen molar-refractivity contribution in [3.63, 3.8) is 0 Å². The van der Waals surface area contributed by atoms with Crippen LogP contribution in [0.25, 0.3) is 5.82 Å². The van der Waals surface area contributed by atoms with Crippen molar-refractivity contribution in [3.8, 4) is 5.82 Å². The molecule has 0 aliphatic carbocycles. The normalized spacial score (nSPS) is 10.2. The van der Waals surface area contributed by atoms with Crippen molar-refractivity contribution in [2.45, 2.75) is 13.3 Å². The van der Waals surface area contributed by atoms with Crippen LogP contribution in [-0.4, -0.2) is 25.0 Å². The van der Waals surface area contributed by atoms with Crippen LogP contribution in [0.3, 0.4) is 0 Å². The van der Waals surface area contributed by atoms with Gasteiger partial charge in [-0.15, -0.1) is 4.80 Å². The fourth-order valence-electron chi connectivity index (χ4n) is 1.10. The molecule has 13 heavy (non-hydrogen) atoms. The van der Waals surface area contributed by atoms with Crippen LogP contribution in [0.2, 0.25) is 0 Å². The molecule has 0 fully saturated rings. The van der Waals surface area contributed by atoms with E-state index in [1.165, 1.54) is 4.80 Å². The van der Waals surface area contributed by atoms with Crippen LogP contribution in [-0.2, 0) is 6.42 Å². The first-order chi connectivity index (χ1) is 6.42. The Morgan fingerprint density at radius 3 is 2.46 bits per heavy atom. The Kier molecular flexibility index (Phi) is 1.99. The Labute approximate surface area is 75.5 Å². The predicted octanol–water partition coefficient (Wildman–Crippen LogP) is 0.620. The second-order valence-electron chi connectivity index (χ2n) is 2.50. The van der Waals surface area contributed by atoms with Crippen molar-refractivity contribution in [1.29, 1.82) is 0 Å². The van der Waals surface area contributed by atoms with Gasteiger partial charge in [0.15, 0.2) is 5.82 Å². The lowest BCUT2D eigenvalue weighted by atomic mass is 10.3. The molecule has 66 valence electrons. The largest absolute Gasteiger partial charge is 0.256 e. The monoisotopic (exact) mass is 175 g/mol. The van der Waals surface area contributed by atoms with E-state index >= 15 is 0 Å². The highest BCUT2D eigenvalue weighted by Gasteiger charge is 2.05. The predicted molar refractivity (Wildman–Crippen MR) is 46.3 cm³/mol. The summed E-state index contributed by atoms with van der Waals surface area (Å²) in [7, 11) is 0. The lowest BCUT2D eigenvalue weighted by molar-refractivity contribution is 0.709. The summed E-state index contributed by atoms with van der Waals surface area (Å²) >= 11 is 0. The van der Waals surface area contributed by atoms with Gasteiger partial charge in [-0.05, 0) is 6.42 Å². The molecule has 0 amide bonds. The first-order valence-electron chi connectivity index (χ1n) is 4.08. The highest BCUT2D eigenvalue weighted by Crippen LogP contribution is 2.05. The van der Waals surface area contributed by atoms with Crippen molar-refractivity contribution in [2.75, 3.05) is 0 Å². The molecule has 0 N–H and O–H groups in total. The van der Waals surface area contributed by atoms with E-state index in [4.69, 9.17) is 0 Å². The Bertz CT molecular complexity index is 381. The summed E-state index contributed by atoms with van der Waals surface area (Å²) in [5.74, 6) is 0.704. The fraction of sp³-hybridized carbons (Fsp3) is 0.250. The molecule has 0 aromatic carbocycles. The number of hydrogen-bond donors (Lipinski definition) is 0. The molecule has 0 bridgehead atoms. The third-order valence-electron chi connectivity index (χ3n) is 1.70. The Balaban J connectivity index is 2.51. The summed E-state index contributed by atoms with van der Waals surface area (Å²) in [5, 5.41) is 8.00. The van der Waals surface area contributed by atoms with E-state index in [9.17, 15) is 0 Å². The summed E-state index contributed by atoms with van der Waals surface area (Å²) in [6, 6.07) is 0. The lowest BCUT2D eigenvalue weighted by Gasteiger charge is -2.02. The molecular weight excluding hydrogens is 166 g/mol. The summed E-state index contributed by atoms with van der Waals surface area (Å²) in [4.78, 5) is 9.84. The Morgan fingerprint density at radius 2 is 1.77 bits per heavy atom. The molecule has 0 radical (unpaired) electrons. The molecule has 0 saturated carbocycles. The molecule has 2 rings (SSSR count). The van der Waals surface area contributed by atoms with Crippen molar-refractivity contribution < 1.29 is 0 Å². The molecule has 0 atom stereocenters. The first-order valence-corrected chi connectivity index (χ1v) is 4.08. The van der Waals surface area contributed by atoms with Crippen LogP contribution in [0.1, 0.15) is 12.6 Å². The van der Waals surface area contributed by atoms with Gasteiger partial charge in [-0.1, -0.05) is 6.92 Å². The topological polar surface area (TPSA) is 56.5 Å². The van der Waals surface area contributed by atoms with Gasteiger partial charge in [-0.3, -0.25) is 4.98 Å². The van der Waals surface area contributed by atoms with Crippen molar-refractivity contribution in [1.82, 2.24) is 25.0 Å². The minimum absolute atomic E-state index is 0.704. The van der Waals surface area contributed by atoms with E-state index < -0.39 is 0 Å².